The standard InChI is InChI=1S/C84H32O18.60H2/c1-7-10-13-16-19-22-25-28-31-34-37-40-43-46-49-52-55-58-61-64-76(85)99-72(4)82(91)96-69-79(88)94-67-75(102-81(90)71-98-84(93)74(6)101-78(87)66-63-60-57-54-51-48-45-42-39-36-33-30-27-24-21-18-15-12-9-3)68-95-80(89)70-97-83(92)73(5)100-77(86)65-62-59-56-53-50-47-44-41-38-35-32-29-26-23-20-17-14-11-8-2;;;;;;;;;;;;;;;;;;;;;;;;;;;;;;;;;;;;;;;;;;;;;;;;;;;;;;;;;;;;/h72-75H,67-71H2,1-6H3;60*1H. The van der Waals surface area contributed by atoms with E-state index in [-0.39, 0.29) is 85.6 Å². The van der Waals surface area contributed by atoms with Crippen molar-refractivity contribution in [3.63, 3.8) is 0 Å². The minimum atomic E-state index is -1.71. The summed E-state index contributed by atoms with van der Waals surface area (Å²) in [5, 5.41) is 0. The maximum Gasteiger partial charge on any atom is 0.386 e. The summed E-state index contributed by atoms with van der Waals surface area (Å²) in [4.78, 5) is 112. The van der Waals surface area contributed by atoms with Crippen molar-refractivity contribution in [2.24, 2.45) is 0 Å². The molecule has 0 N–H and O–H groups in total. The van der Waals surface area contributed by atoms with Gasteiger partial charge in [-0.05, 0) is 326 Å². The van der Waals surface area contributed by atoms with Crippen LogP contribution in [0.2, 0.25) is 0 Å². The highest BCUT2D eigenvalue weighted by Gasteiger charge is 2.26. The van der Waals surface area contributed by atoms with Gasteiger partial charge in [0.1, 0.15) is 13.2 Å². The Balaban J connectivity index is -0.0000000288. The average molecular weight is 1450 g/mol. The molecule has 0 bridgehead atoms. The third-order valence-corrected chi connectivity index (χ3v) is 8.06. The van der Waals surface area contributed by atoms with Gasteiger partial charge in [0.15, 0.2) is 44.2 Å². The SMILES string of the molecule is CC#CC#CC#CC#CC#CC#CC#CC#CC#CC#CC(=O)OC(C)C(=O)OCC(=O)OCC(COC(=O)COC(=O)C(C)OC(=O)C#CC#CC#CC#CC#CC#CC#CC#CC#CC#CC)OC(=O)COC(=O)C(C)OC(=O)C#CC#CC#CC#CC#CC#CC#CC#CC#CC#CC.[HH].[HH].[HH].[HH].[HH].[HH].[HH].[HH].[HH].[HH].[HH].[HH].[HH].[HH].[HH].[HH].[HH].[HH].[HH].[HH].[HH].[HH].[HH].[HH].[HH].[HH].[HH].[HH].[HH].[HH].[HH].[HH].[HH].[HH].[HH].[HH].[HH].[HH].[HH].[HH].[HH].[HH].[HH].[HH].[HH].[HH].[HH].[HH].[HH].[HH].[HH].[HH].[HH].[HH].[HH].[HH].[HH].[HH].[HH].[HH]. The fourth-order valence-electron chi connectivity index (χ4n) is 4.18. The lowest BCUT2D eigenvalue weighted by molar-refractivity contribution is -0.179. The van der Waals surface area contributed by atoms with Crippen molar-refractivity contribution < 1.29 is 171 Å². The molecule has 0 aliphatic heterocycles. The van der Waals surface area contributed by atoms with Crippen molar-refractivity contribution >= 4 is 53.7 Å². The molecule has 0 aromatic rings. The molecule has 0 aliphatic carbocycles. The van der Waals surface area contributed by atoms with E-state index in [1.807, 2.05) is 17.8 Å². The first-order chi connectivity index (χ1) is 49.6. The minimum absolute atomic E-state index is 0. The first kappa shape index (κ1) is 84.0. The van der Waals surface area contributed by atoms with Crippen LogP contribution >= 0.6 is 0 Å². The second-order valence-electron chi connectivity index (χ2n) is 15.3. The number of rotatable bonds is 17. The van der Waals surface area contributed by atoms with E-state index in [2.05, 4.69) is 337 Å². The molecule has 0 aliphatic rings. The maximum atomic E-state index is 12.8. The summed E-state index contributed by atoms with van der Waals surface area (Å²) in [5.74, 6) is 132. The lowest BCUT2D eigenvalue weighted by Gasteiger charge is -2.19. The number of hydrogen-bond acceptors (Lipinski definition) is 18. The van der Waals surface area contributed by atoms with Crippen LogP contribution in [0.4, 0.5) is 0 Å². The van der Waals surface area contributed by atoms with E-state index in [1.54, 1.807) is 20.8 Å². The molecule has 0 saturated carbocycles. The summed E-state index contributed by atoms with van der Waals surface area (Å²) in [5.41, 5.74) is 0. The van der Waals surface area contributed by atoms with Crippen molar-refractivity contribution in [1.29, 1.82) is 0 Å². The summed E-state index contributed by atoms with van der Waals surface area (Å²) in [6, 6.07) is 0. The van der Waals surface area contributed by atoms with E-state index in [9.17, 15) is 43.2 Å². The summed E-state index contributed by atoms with van der Waals surface area (Å²) in [6.45, 7) is 2.91. The second-order valence-corrected chi connectivity index (χ2v) is 15.3. The molecule has 0 saturated heterocycles. The van der Waals surface area contributed by atoms with Crippen molar-refractivity contribution in [2.75, 3.05) is 33.0 Å². The van der Waals surface area contributed by atoms with Crippen molar-refractivity contribution in [3.8, 4) is 355 Å². The number of esters is 9. The third-order valence-electron chi connectivity index (χ3n) is 8.06. The molecule has 0 fully saturated rings. The van der Waals surface area contributed by atoms with Crippen LogP contribution in [0.5, 0.6) is 0 Å². The molecule has 0 aromatic carbocycles. The van der Waals surface area contributed by atoms with E-state index in [0.29, 0.717) is 0 Å². The Kier molecular flexibility index (Phi) is 51.0. The van der Waals surface area contributed by atoms with E-state index in [1.165, 1.54) is 0 Å². The van der Waals surface area contributed by atoms with Crippen LogP contribution in [0.15, 0.2) is 0 Å². The van der Waals surface area contributed by atoms with E-state index in [0.717, 1.165) is 20.8 Å². The van der Waals surface area contributed by atoms with Gasteiger partial charge in [-0.1, -0.05) is 17.8 Å². The third kappa shape index (κ3) is 56.0. The molecule has 0 heterocycles. The van der Waals surface area contributed by atoms with Gasteiger partial charge in [-0.3, -0.25) is 0 Å². The zero-order valence-electron chi connectivity index (χ0n) is 53.7. The monoisotopic (exact) mass is 1450 g/mol. The van der Waals surface area contributed by atoms with E-state index < -0.39 is 111 Å². The Labute approximate surface area is 680 Å². The first-order valence-corrected chi connectivity index (χ1v) is 27.0. The Hall–Kier alpha value is -18.0. The summed E-state index contributed by atoms with van der Waals surface area (Å²) in [6.07, 6.45) is -6.59. The fraction of sp³-hybridized carbons (Fsp3) is 0.179. The van der Waals surface area contributed by atoms with Crippen molar-refractivity contribution in [1.82, 2.24) is 0 Å². The molecule has 0 spiro atoms. The summed E-state index contributed by atoms with van der Waals surface area (Å²) < 4.78 is 44.0. The van der Waals surface area contributed by atoms with E-state index in [4.69, 9.17) is 42.6 Å². The van der Waals surface area contributed by atoms with Crippen molar-refractivity contribution in [3.05, 3.63) is 0 Å². The Morgan fingerprint density at radius 2 is 0.392 bits per heavy atom. The van der Waals surface area contributed by atoms with Crippen LogP contribution < -0.4 is 0 Å². The molecule has 3 atom stereocenters. The predicted octanol–water partition coefficient (Wildman–Crippen LogP) is 13.3. The largest absolute Gasteiger partial charge is 0.459 e. The Morgan fingerprint density at radius 3 is 0.578 bits per heavy atom. The highest BCUT2D eigenvalue weighted by molar-refractivity contribution is 5.93. The zero-order valence-corrected chi connectivity index (χ0v) is 53.7. The van der Waals surface area contributed by atoms with Crippen LogP contribution in [0.25, 0.3) is 0 Å². The molecule has 596 valence electrons. The smallest absolute Gasteiger partial charge is 0.386 e. The molecule has 18 nitrogen and oxygen atoms in total. The number of ether oxygens (including phenoxy) is 9. The highest BCUT2D eigenvalue weighted by Crippen LogP contribution is 2.03. The van der Waals surface area contributed by atoms with Gasteiger partial charge >= 0.3 is 53.7 Å². The second kappa shape index (κ2) is 61.9. The molecular formula is C84H152O18. The van der Waals surface area contributed by atoms with Gasteiger partial charge < -0.3 is 42.6 Å². The minimum Gasteiger partial charge on any atom is -0.459 e. The lowest BCUT2D eigenvalue weighted by Crippen LogP contribution is -2.35. The average Bonchev–Trinajstić information content (AvgIpc) is 0.922. The zero-order chi connectivity index (χ0) is 74.8. The van der Waals surface area contributed by atoms with Crippen LogP contribution in [-0.2, 0) is 85.8 Å². The quantitative estimate of drug-likeness (QED) is 0.0569. The maximum absolute atomic E-state index is 12.8. The van der Waals surface area contributed by atoms with Gasteiger partial charge in [-0.15, -0.1) is 0 Å². The molecule has 3 unspecified atom stereocenters. The molecule has 0 rings (SSSR count). The molecule has 102 heavy (non-hydrogen) atoms. The van der Waals surface area contributed by atoms with Gasteiger partial charge in [0.25, 0.3) is 0 Å². The predicted molar refractivity (Wildman–Crippen MR) is 488 cm³/mol. The summed E-state index contributed by atoms with van der Waals surface area (Å²) in [7, 11) is 0. The number of hydrogen-bond donors (Lipinski definition) is 0. The molecule has 0 aromatic heterocycles. The van der Waals surface area contributed by atoms with Gasteiger partial charge in [0.05, 0.1) is 0 Å². The number of carbonyl (C=O) groups is 9. The molecule has 18 heteroatoms. The van der Waals surface area contributed by atoms with Crippen LogP contribution in [0, 0.1) is 355 Å². The van der Waals surface area contributed by atoms with Gasteiger partial charge in [0.2, 0.25) is 0 Å². The lowest BCUT2D eigenvalue weighted by atomic mass is 10.4. The Morgan fingerprint density at radius 1 is 0.225 bits per heavy atom. The molecular weight excluding hydrogens is 1300 g/mol. The van der Waals surface area contributed by atoms with Crippen LogP contribution in [-0.4, -0.2) is 111 Å². The van der Waals surface area contributed by atoms with Gasteiger partial charge in [0, 0.05) is 139 Å². The molecule has 0 radical (unpaired) electrons. The first-order valence-electron chi connectivity index (χ1n) is 27.0. The van der Waals surface area contributed by atoms with Crippen molar-refractivity contribution in [2.45, 2.75) is 66.0 Å². The fourth-order valence-corrected chi connectivity index (χ4v) is 4.18. The molecule has 0 amide bonds. The number of carbonyl (C=O) groups excluding carboxylic acids is 9. The Bertz CT molecular complexity index is 5440. The highest BCUT2D eigenvalue weighted by atomic mass is 16.7. The summed E-state index contributed by atoms with van der Waals surface area (Å²) >= 11 is 0. The van der Waals surface area contributed by atoms with Gasteiger partial charge in [-0.25, -0.2) is 43.2 Å². The van der Waals surface area contributed by atoms with Crippen LogP contribution in [0.1, 0.15) is 127 Å². The topological polar surface area (TPSA) is 237 Å². The van der Waals surface area contributed by atoms with Gasteiger partial charge in [-0.2, -0.15) is 0 Å². The van der Waals surface area contributed by atoms with E-state index >= 15 is 0 Å². The van der Waals surface area contributed by atoms with Crippen LogP contribution in [0.3, 0.4) is 0 Å². The normalized spacial score (nSPS) is 7.71.